The number of rotatable bonds is 1. The van der Waals surface area contributed by atoms with E-state index in [1.165, 1.54) is 18.2 Å². The highest BCUT2D eigenvalue weighted by Gasteiger charge is 2.32. The van der Waals surface area contributed by atoms with Gasteiger partial charge in [0, 0.05) is 30.6 Å². The Balaban J connectivity index is 2.37. The number of benzene rings is 1. The quantitative estimate of drug-likeness (QED) is 0.760. The molecular weight excluding hydrogens is 198 g/mol. The summed E-state index contributed by atoms with van der Waals surface area (Å²) in [4.78, 5) is 1.99. The van der Waals surface area contributed by atoms with Crippen LogP contribution in [0.4, 0.5) is 8.78 Å². The first-order chi connectivity index (χ1) is 7.09. The maximum atomic E-state index is 13.5. The lowest BCUT2D eigenvalue weighted by molar-refractivity contribution is 0.405. The number of likely N-dealkylation sites (N-methyl/N-ethyl adjacent to an activating group) is 1. The fraction of sp³-hybridized carbons (Fsp3) is 0.455. The lowest BCUT2D eigenvalue weighted by Crippen LogP contribution is -2.28. The molecule has 1 fully saturated rings. The van der Waals surface area contributed by atoms with Gasteiger partial charge in [-0.15, -0.1) is 0 Å². The van der Waals surface area contributed by atoms with Crippen molar-refractivity contribution in [3.05, 3.63) is 35.4 Å². The molecule has 1 saturated heterocycles. The lowest BCUT2D eigenvalue weighted by Gasteiger charge is -2.16. The van der Waals surface area contributed by atoms with Gasteiger partial charge in [0.25, 0.3) is 0 Å². The summed E-state index contributed by atoms with van der Waals surface area (Å²) in [6.45, 7) is 1.29. The molecule has 2 rings (SSSR count). The molecule has 0 saturated carbocycles. The smallest absolute Gasteiger partial charge is 0.129 e. The molecular formula is C11H14F2N2. The van der Waals surface area contributed by atoms with E-state index >= 15 is 0 Å². The Hall–Kier alpha value is -1.00. The van der Waals surface area contributed by atoms with Gasteiger partial charge in [-0.2, -0.15) is 0 Å². The zero-order chi connectivity index (χ0) is 11.0. The van der Waals surface area contributed by atoms with Crippen LogP contribution in [0.1, 0.15) is 11.5 Å². The molecule has 82 valence electrons. The van der Waals surface area contributed by atoms with Gasteiger partial charge in [-0.3, -0.25) is 0 Å². The molecule has 2 unspecified atom stereocenters. The first-order valence-corrected chi connectivity index (χ1v) is 4.97. The molecule has 0 amide bonds. The van der Waals surface area contributed by atoms with E-state index in [-0.39, 0.29) is 17.5 Å². The van der Waals surface area contributed by atoms with Crippen molar-refractivity contribution in [2.24, 2.45) is 5.73 Å². The summed E-state index contributed by atoms with van der Waals surface area (Å²) >= 11 is 0. The molecule has 15 heavy (non-hydrogen) atoms. The van der Waals surface area contributed by atoms with Gasteiger partial charge < -0.3 is 10.6 Å². The molecule has 0 aliphatic carbocycles. The predicted molar refractivity (Wildman–Crippen MR) is 54.6 cm³/mol. The highest BCUT2D eigenvalue weighted by atomic mass is 19.1. The zero-order valence-electron chi connectivity index (χ0n) is 8.58. The summed E-state index contributed by atoms with van der Waals surface area (Å²) in [6, 6.07) is 3.74. The molecule has 1 aromatic rings. The van der Waals surface area contributed by atoms with Gasteiger partial charge in [0.2, 0.25) is 0 Å². The zero-order valence-corrected chi connectivity index (χ0v) is 8.58. The van der Waals surface area contributed by atoms with Crippen LogP contribution < -0.4 is 5.73 Å². The minimum atomic E-state index is -0.495. The van der Waals surface area contributed by atoms with Gasteiger partial charge in [0.1, 0.15) is 11.6 Å². The van der Waals surface area contributed by atoms with Gasteiger partial charge in [0.05, 0.1) is 0 Å². The number of hydrogen-bond acceptors (Lipinski definition) is 2. The summed E-state index contributed by atoms with van der Waals surface area (Å²) in [7, 11) is 1.90. The van der Waals surface area contributed by atoms with Crippen molar-refractivity contribution in [1.29, 1.82) is 0 Å². The van der Waals surface area contributed by atoms with Crippen molar-refractivity contribution in [3.63, 3.8) is 0 Å². The normalized spacial score (nSPS) is 27.2. The van der Waals surface area contributed by atoms with Crippen LogP contribution in [0.25, 0.3) is 0 Å². The molecule has 0 bridgehead atoms. The van der Waals surface area contributed by atoms with Crippen molar-refractivity contribution in [2.45, 2.75) is 12.0 Å². The van der Waals surface area contributed by atoms with Crippen molar-refractivity contribution < 1.29 is 8.78 Å². The van der Waals surface area contributed by atoms with Crippen LogP contribution in [0.15, 0.2) is 18.2 Å². The predicted octanol–water partition coefficient (Wildman–Crippen LogP) is 1.32. The number of nitrogens with two attached hydrogens (primary N) is 1. The fourth-order valence-electron chi connectivity index (χ4n) is 2.20. The maximum absolute atomic E-state index is 13.5. The number of halogens is 2. The van der Waals surface area contributed by atoms with Crippen LogP contribution in [0.5, 0.6) is 0 Å². The number of hydrogen-bond donors (Lipinski definition) is 1. The van der Waals surface area contributed by atoms with Gasteiger partial charge in [0.15, 0.2) is 0 Å². The Kier molecular flexibility index (Phi) is 2.71. The van der Waals surface area contributed by atoms with E-state index < -0.39 is 11.6 Å². The van der Waals surface area contributed by atoms with Crippen LogP contribution >= 0.6 is 0 Å². The van der Waals surface area contributed by atoms with Gasteiger partial charge >= 0.3 is 0 Å². The van der Waals surface area contributed by atoms with Gasteiger partial charge in [-0.25, -0.2) is 8.78 Å². The lowest BCUT2D eigenvalue weighted by atomic mass is 9.94. The van der Waals surface area contributed by atoms with E-state index in [4.69, 9.17) is 5.73 Å². The summed E-state index contributed by atoms with van der Waals surface area (Å²) in [5.74, 6) is -1.23. The van der Waals surface area contributed by atoms with Gasteiger partial charge in [-0.1, -0.05) is 6.07 Å². The van der Waals surface area contributed by atoms with E-state index in [0.29, 0.717) is 13.1 Å². The van der Waals surface area contributed by atoms with Gasteiger partial charge in [-0.05, 0) is 19.2 Å². The molecule has 2 nitrogen and oxygen atoms in total. The van der Waals surface area contributed by atoms with Crippen LogP contribution in [-0.4, -0.2) is 31.1 Å². The average Bonchev–Trinajstić information content (AvgIpc) is 2.45. The molecule has 0 spiro atoms. The second kappa shape index (κ2) is 3.87. The van der Waals surface area contributed by atoms with Crippen LogP contribution in [0.3, 0.4) is 0 Å². The third kappa shape index (κ3) is 1.87. The Morgan fingerprint density at radius 1 is 1.27 bits per heavy atom. The largest absolute Gasteiger partial charge is 0.326 e. The Labute approximate surface area is 87.7 Å². The summed E-state index contributed by atoms with van der Waals surface area (Å²) in [6.07, 6.45) is 0. The highest BCUT2D eigenvalue weighted by Crippen LogP contribution is 2.29. The van der Waals surface area contributed by atoms with Crippen molar-refractivity contribution in [2.75, 3.05) is 20.1 Å². The SMILES string of the molecule is CN1CC(N)C(c2c(F)cccc2F)C1. The minimum absolute atomic E-state index is 0.134. The van der Waals surface area contributed by atoms with Crippen LogP contribution in [0, 0.1) is 11.6 Å². The molecule has 1 aliphatic heterocycles. The standard InChI is InChI=1S/C11H14F2N2/c1-15-5-7(10(14)6-15)11-8(12)3-2-4-9(11)13/h2-4,7,10H,5-6,14H2,1H3. The van der Waals surface area contributed by atoms with Crippen molar-refractivity contribution in [1.82, 2.24) is 4.90 Å². The Morgan fingerprint density at radius 3 is 2.33 bits per heavy atom. The third-order valence-electron chi connectivity index (χ3n) is 2.92. The monoisotopic (exact) mass is 212 g/mol. The molecule has 2 N–H and O–H groups in total. The van der Waals surface area contributed by atoms with E-state index in [1.807, 2.05) is 11.9 Å². The first-order valence-electron chi connectivity index (χ1n) is 4.97. The molecule has 1 aliphatic rings. The summed E-state index contributed by atoms with van der Waals surface area (Å²) in [5, 5.41) is 0. The average molecular weight is 212 g/mol. The number of nitrogens with zero attached hydrogens (tertiary/aromatic N) is 1. The first kappa shape index (κ1) is 10.5. The van der Waals surface area contributed by atoms with E-state index in [9.17, 15) is 8.78 Å². The highest BCUT2D eigenvalue weighted by molar-refractivity contribution is 5.27. The van der Waals surface area contributed by atoms with Crippen molar-refractivity contribution in [3.8, 4) is 0 Å². The molecule has 1 heterocycles. The summed E-state index contributed by atoms with van der Waals surface area (Å²) < 4.78 is 27.0. The second-order valence-electron chi connectivity index (χ2n) is 4.13. The minimum Gasteiger partial charge on any atom is -0.326 e. The molecule has 0 radical (unpaired) electrons. The maximum Gasteiger partial charge on any atom is 0.129 e. The third-order valence-corrected chi connectivity index (χ3v) is 2.92. The Bertz CT molecular complexity index is 347. The summed E-state index contributed by atoms with van der Waals surface area (Å²) in [5.41, 5.74) is 6.00. The Morgan fingerprint density at radius 2 is 1.87 bits per heavy atom. The van der Waals surface area contributed by atoms with E-state index in [1.54, 1.807) is 0 Å². The molecule has 2 atom stereocenters. The number of likely N-dealkylation sites (tertiary alicyclic amines) is 1. The van der Waals surface area contributed by atoms with Crippen molar-refractivity contribution >= 4 is 0 Å². The topological polar surface area (TPSA) is 29.3 Å². The molecule has 4 heteroatoms. The second-order valence-corrected chi connectivity index (χ2v) is 4.13. The van der Waals surface area contributed by atoms with Crippen LogP contribution in [-0.2, 0) is 0 Å². The molecule has 0 aromatic heterocycles. The van der Waals surface area contributed by atoms with Crippen LogP contribution in [0.2, 0.25) is 0 Å². The van der Waals surface area contributed by atoms with E-state index in [2.05, 4.69) is 0 Å². The molecule has 1 aromatic carbocycles. The van der Waals surface area contributed by atoms with E-state index in [0.717, 1.165) is 0 Å². The fourth-order valence-corrected chi connectivity index (χ4v) is 2.20.